The van der Waals surface area contributed by atoms with Crippen molar-refractivity contribution in [3.63, 3.8) is 0 Å². The average Bonchev–Trinajstić information content (AvgIpc) is 3.20. The van der Waals surface area contributed by atoms with Gasteiger partial charge >= 0.3 is 0 Å². The monoisotopic (exact) mass is 393 g/mol. The lowest BCUT2D eigenvalue weighted by Gasteiger charge is -2.26. The Hall–Kier alpha value is -1.59. The van der Waals surface area contributed by atoms with Gasteiger partial charge < -0.3 is 4.90 Å². The second kappa shape index (κ2) is 7.20. The Labute approximate surface area is 158 Å². The number of carbonyl (C=O) groups excluding carboxylic acids is 1. The molecule has 26 heavy (non-hydrogen) atoms. The van der Waals surface area contributed by atoms with Gasteiger partial charge in [-0.05, 0) is 50.7 Å². The number of fused-ring (bicyclic) bond motifs is 1. The van der Waals surface area contributed by atoms with E-state index in [9.17, 15) is 18.5 Å². The second-order valence-corrected chi connectivity index (χ2v) is 10.6. The van der Waals surface area contributed by atoms with Gasteiger partial charge in [-0.2, -0.15) is 5.26 Å². The van der Waals surface area contributed by atoms with Gasteiger partial charge in [0, 0.05) is 18.8 Å². The van der Waals surface area contributed by atoms with E-state index in [0.717, 1.165) is 30.5 Å². The third kappa shape index (κ3) is 3.60. The fraction of sp³-hybridized carbons (Fsp3) is 0.611. The molecule has 3 rings (SSSR count). The molecule has 0 aromatic carbocycles. The summed E-state index contributed by atoms with van der Waals surface area (Å²) in [6, 6.07) is 1.98. The van der Waals surface area contributed by atoms with Crippen molar-refractivity contribution in [2.75, 3.05) is 18.6 Å². The molecule has 0 unspecified atom stereocenters. The van der Waals surface area contributed by atoms with Crippen LogP contribution in [-0.4, -0.2) is 54.1 Å². The number of nitrogens with zero attached hydrogens (tertiary/aromatic N) is 3. The summed E-state index contributed by atoms with van der Waals surface area (Å²) in [6.07, 6.45) is 3.41. The number of nitriles is 1. The number of hydrogen-bond acceptors (Lipinski definition) is 6. The van der Waals surface area contributed by atoms with E-state index in [-0.39, 0.29) is 23.5 Å². The molecule has 0 bridgehead atoms. The lowest BCUT2D eigenvalue weighted by Crippen LogP contribution is -2.41. The van der Waals surface area contributed by atoms with Crippen LogP contribution in [0.3, 0.4) is 0 Å². The molecule has 6 nitrogen and oxygen atoms in total. The van der Waals surface area contributed by atoms with Crippen LogP contribution in [0.15, 0.2) is 5.03 Å². The van der Waals surface area contributed by atoms with Crippen molar-refractivity contribution in [3.05, 3.63) is 22.4 Å². The van der Waals surface area contributed by atoms with Gasteiger partial charge in [0.2, 0.25) is 5.91 Å². The third-order valence-corrected chi connectivity index (χ3v) is 8.14. The van der Waals surface area contributed by atoms with Gasteiger partial charge in [0.25, 0.3) is 0 Å². The number of aromatic nitrogens is 1. The zero-order valence-electron chi connectivity index (χ0n) is 15.3. The molecule has 1 aliphatic heterocycles. The molecule has 0 radical (unpaired) electrons. The van der Waals surface area contributed by atoms with E-state index in [1.807, 2.05) is 6.92 Å². The van der Waals surface area contributed by atoms with E-state index in [1.54, 1.807) is 18.9 Å². The molecule has 2 atom stereocenters. The Balaban J connectivity index is 1.78. The highest BCUT2D eigenvalue weighted by molar-refractivity contribution is 8.00. The molecule has 1 aliphatic carbocycles. The summed E-state index contributed by atoms with van der Waals surface area (Å²) in [7, 11) is -1.37. The van der Waals surface area contributed by atoms with Crippen molar-refractivity contribution in [1.82, 2.24) is 9.88 Å². The number of carbonyl (C=O) groups is 1. The first-order chi connectivity index (χ1) is 12.2. The van der Waals surface area contributed by atoms with Gasteiger partial charge in [-0.25, -0.2) is 13.4 Å². The maximum atomic E-state index is 12.8. The van der Waals surface area contributed by atoms with Gasteiger partial charge in [-0.1, -0.05) is 11.8 Å². The quantitative estimate of drug-likeness (QED) is 0.726. The Kier molecular flexibility index (Phi) is 5.31. The number of aryl methyl sites for hydroxylation is 1. The molecule has 8 heteroatoms. The number of pyridine rings is 1. The molecular formula is C18H23N3O3S2. The van der Waals surface area contributed by atoms with Crippen LogP contribution in [-0.2, 0) is 27.5 Å². The van der Waals surface area contributed by atoms with E-state index in [2.05, 4.69) is 11.1 Å². The van der Waals surface area contributed by atoms with Gasteiger partial charge in [0.05, 0.1) is 22.3 Å². The summed E-state index contributed by atoms with van der Waals surface area (Å²) < 4.78 is 23.3. The van der Waals surface area contributed by atoms with Crippen molar-refractivity contribution in [1.29, 1.82) is 5.26 Å². The third-order valence-electron chi connectivity index (χ3n) is 5.32. The van der Waals surface area contributed by atoms with E-state index >= 15 is 0 Å². The Morgan fingerprint density at radius 3 is 2.77 bits per heavy atom. The molecule has 1 aromatic heterocycles. The summed E-state index contributed by atoms with van der Waals surface area (Å²) in [5, 5.41) is 9.74. The maximum Gasteiger partial charge on any atom is 0.235 e. The number of amides is 1. The van der Waals surface area contributed by atoms with Crippen LogP contribution in [0.4, 0.5) is 0 Å². The van der Waals surface area contributed by atoms with Gasteiger partial charge in [-0.15, -0.1) is 0 Å². The standard InChI is InChI=1S/C18H23N3O3S2/c1-11-14-5-4-6-16(14)20-17(15(11)9-19)25-12(2)18(22)21(3)13-7-8-26(23,24)10-13/h12-13H,4-8,10H2,1-3H3/t12-,13+/m0/s1. The normalized spacial score (nSPS) is 21.8. The lowest BCUT2D eigenvalue weighted by atomic mass is 10.0. The predicted octanol–water partition coefficient (Wildman–Crippen LogP) is 1.88. The zero-order valence-corrected chi connectivity index (χ0v) is 16.9. The van der Waals surface area contributed by atoms with Crippen LogP contribution in [0, 0.1) is 18.3 Å². The molecule has 2 heterocycles. The lowest BCUT2D eigenvalue weighted by molar-refractivity contribution is -0.130. The van der Waals surface area contributed by atoms with Crippen LogP contribution in [0.1, 0.15) is 42.1 Å². The minimum absolute atomic E-state index is 0.0340. The molecule has 0 N–H and O–H groups in total. The number of sulfone groups is 1. The van der Waals surface area contributed by atoms with Crippen LogP contribution in [0.25, 0.3) is 0 Å². The number of hydrogen-bond donors (Lipinski definition) is 0. The van der Waals surface area contributed by atoms with Crippen LogP contribution < -0.4 is 0 Å². The minimum atomic E-state index is -3.04. The molecule has 1 amide bonds. The van der Waals surface area contributed by atoms with Crippen LogP contribution >= 0.6 is 11.8 Å². The van der Waals surface area contributed by atoms with Crippen molar-refractivity contribution >= 4 is 27.5 Å². The van der Waals surface area contributed by atoms with Crippen molar-refractivity contribution < 1.29 is 13.2 Å². The summed E-state index contributed by atoms with van der Waals surface area (Å²) in [5.41, 5.74) is 3.76. The SMILES string of the molecule is Cc1c(C#N)c(S[C@@H](C)C(=O)N(C)[C@@H]2CCS(=O)(=O)C2)nc2c1CCC2. The van der Waals surface area contributed by atoms with E-state index in [4.69, 9.17) is 0 Å². The Morgan fingerprint density at radius 2 is 2.15 bits per heavy atom. The highest BCUT2D eigenvalue weighted by atomic mass is 32.2. The van der Waals surface area contributed by atoms with Gasteiger partial charge in [0.15, 0.2) is 9.84 Å². The molecule has 0 saturated carbocycles. The summed E-state index contributed by atoms with van der Waals surface area (Å²) >= 11 is 1.30. The van der Waals surface area contributed by atoms with Crippen LogP contribution in [0.2, 0.25) is 0 Å². The van der Waals surface area contributed by atoms with Crippen LogP contribution in [0.5, 0.6) is 0 Å². The molecule has 1 fully saturated rings. The highest BCUT2D eigenvalue weighted by Gasteiger charge is 2.34. The smallest absolute Gasteiger partial charge is 0.235 e. The first-order valence-corrected chi connectivity index (χ1v) is 11.5. The first-order valence-electron chi connectivity index (χ1n) is 8.79. The summed E-state index contributed by atoms with van der Waals surface area (Å²) in [6.45, 7) is 3.74. The predicted molar refractivity (Wildman–Crippen MR) is 101 cm³/mol. The van der Waals surface area contributed by atoms with Gasteiger partial charge in [0.1, 0.15) is 11.1 Å². The van der Waals surface area contributed by atoms with Crippen molar-refractivity contribution in [2.45, 2.75) is 55.8 Å². The second-order valence-electron chi connectivity index (χ2n) is 7.07. The topological polar surface area (TPSA) is 91.1 Å². The summed E-state index contributed by atoms with van der Waals surface area (Å²) in [5.74, 6) is 0.0497. The Morgan fingerprint density at radius 1 is 1.42 bits per heavy atom. The van der Waals surface area contributed by atoms with Crippen molar-refractivity contribution in [2.24, 2.45) is 0 Å². The van der Waals surface area contributed by atoms with E-state index in [1.165, 1.54) is 17.3 Å². The molecule has 2 aliphatic rings. The van der Waals surface area contributed by atoms with Gasteiger partial charge in [-0.3, -0.25) is 4.79 Å². The highest BCUT2D eigenvalue weighted by Crippen LogP contribution is 2.34. The fourth-order valence-corrected chi connectivity index (χ4v) is 6.58. The largest absolute Gasteiger partial charge is 0.341 e. The van der Waals surface area contributed by atoms with Crippen molar-refractivity contribution in [3.8, 4) is 6.07 Å². The zero-order chi connectivity index (χ0) is 19.1. The number of thioether (sulfide) groups is 1. The average molecular weight is 394 g/mol. The molecule has 1 saturated heterocycles. The molecular weight excluding hydrogens is 370 g/mol. The Bertz CT molecular complexity index is 890. The summed E-state index contributed by atoms with van der Waals surface area (Å²) in [4.78, 5) is 19.0. The maximum absolute atomic E-state index is 12.8. The minimum Gasteiger partial charge on any atom is -0.341 e. The first kappa shape index (κ1) is 19.2. The molecule has 1 aromatic rings. The number of rotatable bonds is 4. The van der Waals surface area contributed by atoms with E-state index < -0.39 is 15.1 Å². The molecule has 140 valence electrons. The van der Waals surface area contributed by atoms with E-state index in [0.29, 0.717) is 17.0 Å². The fourth-order valence-electron chi connectivity index (χ4n) is 3.73. The molecule has 0 spiro atoms.